The quantitative estimate of drug-likeness (QED) is 0.519. The minimum absolute atomic E-state index is 0.662. The van der Waals surface area contributed by atoms with Gasteiger partial charge in [0.15, 0.2) is 0 Å². The number of benzene rings is 1. The lowest BCUT2D eigenvalue weighted by molar-refractivity contribution is 0.743. The fourth-order valence-corrected chi connectivity index (χ4v) is 2.90. The van der Waals surface area contributed by atoms with Gasteiger partial charge in [0.1, 0.15) is 0 Å². The number of hydrogen-bond donors (Lipinski definition) is 0. The Bertz CT molecular complexity index is 268. The molecule has 0 spiro atoms. The molecular weight excluding hydrogens is 268 g/mol. The van der Waals surface area contributed by atoms with Gasteiger partial charge in [-0.3, -0.25) is 0 Å². The van der Waals surface area contributed by atoms with E-state index in [1.165, 1.54) is 29.1 Å². The van der Waals surface area contributed by atoms with Crippen LogP contribution >= 0.6 is 27.7 Å². The molecule has 1 atom stereocenters. The van der Waals surface area contributed by atoms with Gasteiger partial charge < -0.3 is 0 Å². The van der Waals surface area contributed by atoms with Crippen molar-refractivity contribution < 1.29 is 0 Å². The molecule has 0 saturated carbocycles. The largest absolute Gasteiger partial charge is 0.126 e. The minimum Gasteiger partial charge on any atom is -0.126 e. The lowest BCUT2D eigenvalue weighted by atomic mass is 9.99. The highest BCUT2D eigenvalue weighted by Gasteiger charge is 2.04. The standard InChI is InChI=1S/C13H19BrS/c1-3-10-15-13-6-4-12(5-7-13)11(2)8-9-14/h4-7,11H,3,8-10H2,1-2H3. The van der Waals surface area contributed by atoms with E-state index in [0.29, 0.717) is 5.92 Å². The second-order valence-electron chi connectivity index (χ2n) is 3.80. The van der Waals surface area contributed by atoms with Gasteiger partial charge in [0.25, 0.3) is 0 Å². The predicted octanol–water partition coefficient (Wildman–Crippen LogP) is 5.08. The van der Waals surface area contributed by atoms with Crippen molar-refractivity contribution in [1.29, 1.82) is 0 Å². The maximum absolute atomic E-state index is 3.49. The van der Waals surface area contributed by atoms with Crippen molar-refractivity contribution in [3.8, 4) is 0 Å². The minimum atomic E-state index is 0.662. The van der Waals surface area contributed by atoms with Crippen molar-refractivity contribution in [2.75, 3.05) is 11.1 Å². The molecule has 84 valence electrons. The third-order valence-corrected chi connectivity index (χ3v) is 4.14. The molecule has 0 radical (unpaired) electrons. The zero-order valence-electron chi connectivity index (χ0n) is 9.50. The molecular formula is C13H19BrS. The van der Waals surface area contributed by atoms with E-state index in [0.717, 1.165) is 5.33 Å². The molecule has 0 bridgehead atoms. The van der Waals surface area contributed by atoms with Crippen LogP contribution in [0.4, 0.5) is 0 Å². The summed E-state index contributed by atoms with van der Waals surface area (Å²) in [5.41, 5.74) is 1.45. The Morgan fingerprint density at radius 1 is 1.27 bits per heavy atom. The smallest absolute Gasteiger partial charge is 0.00721 e. The number of alkyl halides is 1. The van der Waals surface area contributed by atoms with E-state index in [2.05, 4.69) is 54.0 Å². The molecule has 0 heterocycles. The molecule has 0 aliphatic heterocycles. The highest BCUT2D eigenvalue weighted by atomic mass is 79.9. The number of thioether (sulfide) groups is 1. The van der Waals surface area contributed by atoms with Crippen molar-refractivity contribution in [1.82, 2.24) is 0 Å². The monoisotopic (exact) mass is 286 g/mol. The lowest BCUT2D eigenvalue weighted by Gasteiger charge is -2.10. The zero-order chi connectivity index (χ0) is 11.1. The van der Waals surface area contributed by atoms with Gasteiger partial charge in [-0.25, -0.2) is 0 Å². The fraction of sp³-hybridized carbons (Fsp3) is 0.538. The van der Waals surface area contributed by atoms with Crippen LogP contribution < -0.4 is 0 Å². The first-order chi connectivity index (χ1) is 7.27. The molecule has 1 rings (SSSR count). The summed E-state index contributed by atoms with van der Waals surface area (Å²) in [6.45, 7) is 4.51. The summed E-state index contributed by atoms with van der Waals surface area (Å²) in [6, 6.07) is 9.04. The summed E-state index contributed by atoms with van der Waals surface area (Å²) in [7, 11) is 0. The number of hydrogen-bond acceptors (Lipinski definition) is 1. The molecule has 0 aromatic heterocycles. The Hall–Kier alpha value is 0.0500. The molecule has 0 N–H and O–H groups in total. The zero-order valence-corrected chi connectivity index (χ0v) is 11.9. The fourth-order valence-electron chi connectivity index (χ4n) is 1.44. The van der Waals surface area contributed by atoms with Crippen LogP contribution in [0, 0.1) is 0 Å². The molecule has 0 aliphatic carbocycles. The highest BCUT2D eigenvalue weighted by molar-refractivity contribution is 9.09. The molecule has 0 nitrogen and oxygen atoms in total. The Morgan fingerprint density at radius 3 is 2.47 bits per heavy atom. The molecule has 0 amide bonds. The van der Waals surface area contributed by atoms with Gasteiger partial charge >= 0.3 is 0 Å². The Kier molecular flexibility index (Phi) is 6.42. The third-order valence-electron chi connectivity index (χ3n) is 2.46. The van der Waals surface area contributed by atoms with Crippen LogP contribution in [0.2, 0.25) is 0 Å². The first kappa shape index (κ1) is 13.1. The first-order valence-corrected chi connectivity index (χ1v) is 7.67. The van der Waals surface area contributed by atoms with Crippen LogP contribution in [-0.2, 0) is 0 Å². The normalized spacial score (nSPS) is 12.7. The topological polar surface area (TPSA) is 0 Å². The van der Waals surface area contributed by atoms with Crippen molar-refractivity contribution in [2.45, 2.75) is 37.5 Å². The van der Waals surface area contributed by atoms with Gasteiger partial charge in [-0.05, 0) is 42.2 Å². The average molecular weight is 287 g/mol. The summed E-state index contributed by atoms with van der Waals surface area (Å²) in [5.74, 6) is 1.88. The molecule has 1 aromatic rings. The maximum atomic E-state index is 3.49. The van der Waals surface area contributed by atoms with E-state index in [1.807, 2.05) is 11.8 Å². The summed E-state index contributed by atoms with van der Waals surface area (Å²) in [6.07, 6.45) is 2.45. The highest BCUT2D eigenvalue weighted by Crippen LogP contribution is 2.24. The SMILES string of the molecule is CCCSc1ccc(C(C)CCBr)cc1. The predicted molar refractivity (Wildman–Crippen MR) is 74.3 cm³/mol. The van der Waals surface area contributed by atoms with Crippen LogP contribution in [0.25, 0.3) is 0 Å². The Balaban J connectivity index is 2.55. The Morgan fingerprint density at radius 2 is 1.93 bits per heavy atom. The van der Waals surface area contributed by atoms with E-state index >= 15 is 0 Å². The summed E-state index contributed by atoms with van der Waals surface area (Å²) in [4.78, 5) is 1.40. The second kappa shape index (κ2) is 7.34. The van der Waals surface area contributed by atoms with Crippen molar-refractivity contribution in [3.05, 3.63) is 29.8 Å². The molecule has 2 heteroatoms. The van der Waals surface area contributed by atoms with Crippen LogP contribution in [0.3, 0.4) is 0 Å². The van der Waals surface area contributed by atoms with Crippen molar-refractivity contribution in [3.63, 3.8) is 0 Å². The Labute approximate surface area is 106 Å². The van der Waals surface area contributed by atoms with E-state index < -0.39 is 0 Å². The van der Waals surface area contributed by atoms with Crippen LogP contribution in [0.15, 0.2) is 29.2 Å². The molecule has 15 heavy (non-hydrogen) atoms. The van der Waals surface area contributed by atoms with Crippen LogP contribution in [0.5, 0.6) is 0 Å². The maximum Gasteiger partial charge on any atom is 0.00721 e. The molecule has 0 fully saturated rings. The molecule has 0 aliphatic rings. The third kappa shape index (κ3) is 4.60. The van der Waals surface area contributed by atoms with Gasteiger partial charge in [0.2, 0.25) is 0 Å². The average Bonchev–Trinajstić information content (AvgIpc) is 2.27. The van der Waals surface area contributed by atoms with Crippen LogP contribution in [-0.4, -0.2) is 11.1 Å². The van der Waals surface area contributed by atoms with Crippen molar-refractivity contribution in [2.24, 2.45) is 0 Å². The molecule has 1 unspecified atom stereocenters. The summed E-state index contributed by atoms with van der Waals surface area (Å²) < 4.78 is 0. The molecule has 0 saturated heterocycles. The van der Waals surface area contributed by atoms with Gasteiger partial charge in [0.05, 0.1) is 0 Å². The summed E-state index contributed by atoms with van der Waals surface area (Å²) in [5, 5.41) is 1.08. The van der Waals surface area contributed by atoms with E-state index in [9.17, 15) is 0 Å². The van der Waals surface area contributed by atoms with E-state index in [1.54, 1.807) is 0 Å². The van der Waals surface area contributed by atoms with Crippen molar-refractivity contribution >= 4 is 27.7 Å². The van der Waals surface area contributed by atoms with E-state index in [-0.39, 0.29) is 0 Å². The summed E-state index contributed by atoms with van der Waals surface area (Å²) >= 11 is 5.44. The first-order valence-electron chi connectivity index (χ1n) is 5.56. The molecule has 1 aromatic carbocycles. The van der Waals surface area contributed by atoms with Crippen LogP contribution in [0.1, 0.15) is 38.2 Å². The lowest BCUT2D eigenvalue weighted by Crippen LogP contribution is -1.93. The van der Waals surface area contributed by atoms with Gasteiger partial charge in [-0.2, -0.15) is 0 Å². The van der Waals surface area contributed by atoms with Gasteiger partial charge in [-0.15, -0.1) is 11.8 Å². The second-order valence-corrected chi connectivity index (χ2v) is 5.76. The number of halogens is 1. The van der Waals surface area contributed by atoms with E-state index in [4.69, 9.17) is 0 Å². The van der Waals surface area contributed by atoms with Gasteiger partial charge in [-0.1, -0.05) is 41.9 Å². The number of rotatable bonds is 6. The van der Waals surface area contributed by atoms with Gasteiger partial charge in [0, 0.05) is 10.2 Å².